The highest BCUT2D eigenvalue weighted by molar-refractivity contribution is 5.02. The minimum absolute atomic E-state index is 0.614. The molecule has 4 saturated carbocycles. The normalized spacial score (nSPS) is 40.1. The van der Waals surface area contributed by atoms with Crippen molar-refractivity contribution in [2.24, 2.45) is 23.7 Å². The van der Waals surface area contributed by atoms with E-state index in [0.29, 0.717) is 6.04 Å². The topological polar surface area (TPSA) is 25.2 Å². The van der Waals surface area contributed by atoms with Gasteiger partial charge in [0, 0.05) is 18.5 Å². The van der Waals surface area contributed by atoms with Gasteiger partial charge in [0.15, 0.2) is 0 Å². The molecule has 1 aromatic rings. The summed E-state index contributed by atoms with van der Waals surface area (Å²) in [6.45, 7) is 2.36. The van der Waals surface area contributed by atoms with Crippen LogP contribution in [0.2, 0.25) is 0 Å². The van der Waals surface area contributed by atoms with Crippen LogP contribution in [0, 0.1) is 23.7 Å². The summed E-state index contributed by atoms with van der Waals surface area (Å²) in [5, 5.41) is 3.98. The first-order valence-electron chi connectivity index (χ1n) is 8.56. The van der Waals surface area contributed by atoms with Gasteiger partial charge in [-0.05, 0) is 81.3 Å². The zero-order valence-corrected chi connectivity index (χ0v) is 12.6. The van der Waals surface area contributed by atoms with Gasteiger partial charge in [-0.1, -0.05) is 0 Å². The van der Waals surface area contributed by atoms with E-state index in [0.717, 1.165) is 41.9 Å². The Morgan fingerprint density at radius 1 is 1.15 bits per heavy atom. The van der Waals surface area contributed by atoms with Gasteiger partial charge in [-0.15, -0.1) is 0 Å². The smallest absolute Gasteiger partial charge is 0.103 e. The Balaban J connectivity index is 1.32. The lowest BCUT2D eigenvalue weighted by molar-refractivity contribution is -0.0173. The van der Waals surface area contributed by atoms with Crippen molar-refractivity contribution in [3.05, 3.63) is 24.2 Å². The first kappa shape index (κ1) is 12.9. The van der Waals surface area contributed by atoms with Crippen molar-refractivity contribution in [3.63, 3.8) is 0 Å². The van der Waals surface area contributed by atoms with E-state index < -0.39 is 0 Å². The van der Waals surface area contributed by atoms with Gasteiger partial charge in [-0.2, -0.15) is 0 Å². The first-order chi connectivity index (χ1) is 9.78. The molecule has 4 aliphatic carbocycles. The Labute approximate surface area is 122 Å². The maximum absolute atomic E-state index is 5.44. The molecule has 4 aliphatic rings. The molecule has 1 aromatic heterocycles. The summed E-state index contributed by atoms with van der Waals surface area (Å²) in [7, 11) is 0. The zero-order chi connectivity index (χ0) is 13.5. The average Bonchev–Trinajstić information content (AvgIpc) is 2.93. The van der Waals surface area contributed by atoms with Gasteiger partial charge in [0.25, 0.3) is 0 Å². The summed E-state index contributed by atoms with van der Waals surface area (Å²) >= 11 is 0. The number of hydrogen-bond donors (Lipinski definition) is 1. The predicted molar refractivity (Wildman–Crippen MR) is 80.5 cm³/mol. The van der Waals surface area contributed by atoms with E-state index in [1.807, 2.05) is 6.07 Å². The third-order valence-corrected chi connectivity index (χ3v) is 6.11. The minimum atomic E-state index is 0.614. The maximum Gasteiger partial charge on any atom is 0.103 e. The fourth-order valence-electron chi connectivity index (χ4n) is 5.42. The van der Waals surface area contributed by atoms with Gasteiger partial charge < -0.3 is 9.73 Å². The van der Waals surface area contributed by atoms with Gasteiger partial charge in [-0.3, -0.25) is 0 Å². The van der Waals surface area contributed by atoms with Crippen LogP contribution in [-0.2, 0) is 6.42 Å². The molecular formula is C18H27NO. The van der Waals surface area contributed by atoms with Crippen LogP contribution in [-0.4, -0.2) is 12.1 Å². The van der Waals surface area contributed by atoms with Crippen LogP contribution >= 0.6 is 0 Å². The molecule has 1 heterocycles. The second kappa shape index (κ2) is 5.22. The lowest BCUT2D eigenvalue weighted by Gasteiger charge is -2.55. The standard InChI is InChI=1S/C18H27NO/c1-12(4-5-17-3-2-6-20-17)19-18-15-8-13-7-14(10-15)11-16(18)9-13/h2-3,6,12-16,18-19H,4-5,7-11H2,1H3. The Morgan fingerprint density at radius 2 is 1.85 bits per heavy atom. The molecule has 20 heavy (non-hydrogen) atoms. The molecule has 0 radical (unpaired) electrons. The predicted octanol–water partition coefficient (Wildman–Crippen LogP) is 4.02. The van der Waals surface area contributed by atoms with Crippen LogP contribution < -0.4 is 5.32 Å². The molecule has 2 nitrogen and oxygen atoms in total. The van der Waals surface area contributed by atoms with Crippen LogP contribution in [0.25, 0.3) is 0 Å². The summed E-state index contributed by atoms with van der Waals surface area (Å²) in [5.41, 5.74) is 0. The van der Waals surface area contributed by atoms with Crippen molar-refractivity contribution in [2.45, 2.75) is 64.0 Å². The molecule has 110 valence electrons. The lowest BCUT2D eigenvalue weighted by atomic mass is 9.54. The second-order valence-corrected chi connectivity index (χ2v) is 7.64. The summed E-state index contributed by atoms with van der Waals surface area (Å²) in [4.78, 5) is 0. The fraction of sp³-hybridized carbons (Fsp3) is 0.778. The largest absolute Gasteiger partial charge is 0.469 e. The number of furan rings is 1. The van der Waals surface area contributed by atoms with Crippen molar-refractivity contribution in [1.29, 1.82) is 0 Å². The molecular weight excluding hydrogens is 246 g/mol. The molecule has 1 atom stereocenters. The molecule has 0 saturated heterocycles. The number of nitrogens with one attached hydrogen (secondary N) is 1. The minimum Gasteiger partial charge on any atom is -0.469 e. The molecule has 5 rings (SSSR count). The maximum atomic E-state index is 5.44. The van der Waals surface area contributed by atoms with Crippen molar-refractivity contribution in [2.75, 3.05) is 0 Å². The van der Waals surface area contributed by atoms with Gasteiger partial charge in [0.1, 0.15) is 5.76 Å². The Morgan fingerprint density at radius 3 is 2.45 bits per heavy atom. The molecule has 1 N–H and O–H groups in total. The highest BCUT2D eigenvalue weighted by Crippen LogP contribution is 2.53. The zero-order valence-electron chi connectivity index (χ0n) is 12.6. The van der Waals surface area contributed by atoms with Crippen LogP contribution in [0.3, 0.4) is 0 Å². The molecule has 0 aliphatic heterocycles. The number of aryl methyl sites for hydroxylation is 1. The molecule has 2 heteroatoms. The Bertz CT molecular complexity index is 410. The van der Waals surface area contributed by atoms with Crippen LogP contribution in [0.15, 0.2) is 22.8 Å². The summed E-state index contributed by atoms with van der Waals surface area (Å²) in [5.74, 6) is 5.25. The lowest BCUT2D eigenvalue weighted by Crippen LogP contribution is -2.56. The highest BCUT2D eigenvalue weighted by atomic mass is 16.3. The summed E-state index contributed by atoms with van der Waals surface area (Å²) in [6.07, 6.45) is 11.6. The van der Waals surface area contributed by atoms with Crippen LogP contribution in [0.4, 0.5) is 0 Å². The quantitative estimate of drug-likeness (QED) is 0.876. The Kier molecular flexibility index (Phi) is 3.37. The molecule has 0 spiro atoms. The van der Waals surface area contributed by atoms with Gasteiger partial charge >= 0.3 is 0 Å². The van der Waals surface area contributed by atoms with E-state index in [4.69, 9.17) is 4.42 Å². The van der Waals surface area contributed by atoms with Crippen LogP contribution in [0.5, 0.6) is 0 Å². The van der Waals surface area contributed by atoms with Gasteiger partial charge in [0.05, 0.1) is 6.26 Å². The monoisotopic (exact) mass is 273 g/mol. The fourth-order valence-corrected chi connectivity index (χ4v) is 5.42. The van der Waals surface area contributed by atoms with Crippen molar-refractivity contribution in [1.82, 2.24) is 5.32 Å². The number of hydrogen-bond acceptors (Lipinski definition) is 2. The van der Waals surface area contributed by atoms with Crippen LogP contribution in [0.1, 0.15) is 51.2 Å². The third kappa shape index (κ3) is 2.43. The summed E-state index contributed by atoms with van der Waals surface area (Å²) in [6, 6.07) is 5.51. The average molecular weight is 273 g/mol. The first-order valence-corrected chi connectivity index (χ1v) is 8.56. The van der Waals surface area contributed by atoms with E-state index in [-0.39, 0.29) is 0 Å². The summed E-state index contributed by atoms with van der Waals surface area (Å²) < 4.78 is 5.44. The van der Waals surface area contributed by atoms with Gasteiger partial charge in [-0.25, -0.2) is 0 Å². The van der Waals surface area contributed by atoms with E-state index in [2.05, 4.69) is 18.3 Å². The Hall–Kier alpha value is -0.760. The second-order valence-electron chi connectivity index (χ2n) is 7.64. The van der Waals surface area contributed by atoms with E-state index in [9.17, 15) is 0 Å². The van der Waals surface area contributed by atoms with Crippen molar-refractivity contribution < 1.29 is 4.42 Å². The number of rotatable bonds is 5. The van der Waals surface area contributed by atoms with Gasteiger partial charge in [0.2, 0.25) is 0 Å². The third-order valence-electron chi connectivity index (χ3n) is 6.11. The highest BCUT2D eigenvalue weighted by Gasteiger charge is 2.48. The SMILES string of the molecule is CC(CCc1ccco1)NC1C2CC3CC(C2)CC1C3. The van der Waals surface area contributed by atoms with Crippen molar-refractivity contribution >= 4 is 0 Å². The molecule has 0 aromatic carbocycles. The van der Waals surface area contributed by atoms with E-state index in [1.54, 1.807) is 12.7 Å². The molecule has 4 bridgehead atoms. The molecule has 1 unspecified atom stereocenters. The molecule has 4 fully saturated rings. The van der Waals surface area contributed by atoms with Crippen molar-refractivity contribution in [3.8, 4) is 0 Å². The molecule has 0 amide bonds. The van der Waals surface area contributed by atoms with E-state index >= 15 is 0 Å². The van der Waals surface area contributed by atoms with E-state index in [1.165, 1.54) is 32.1 Å².